The Morgan fingerprint density at radius 2 is 1.83 bits per heavy atom. The third kappa shape index (κ3) is 1.73. The number of anilines is 1. The van der Waals surface area contributed by atoms with Crippen LogP contribution in [-0.4, -0.2) is 57.7 Å². The van der Waals surface area contributed by atoms with Gasteiger partial charge in [0, 0.05) is 26.2 Å². The molecule has 6 heteroatoms. The van der Waals surface area contributed by atoms with Gasteiger partial charge in [0.15, 0.2) is 0 Å². The molecule has 1 aliphatic heterocycles. The zero-order valence-corrected chi connectivity index (χ0v) is 11.1. The summed E-state index contributed by atoms with van der Waals surface area (Å²) in [5, 5.41) is 8.43. The highest BCUT2D eigenvalue weighted by Crippen LogP contribution is 2.19. The predicted molar refractivity (Wildman–Crippen MR) is 70.0 cm³/mol. The molecule has 1 aliphatic rings. The molecule has 3 rings (SSSR count). The van der Waals surface area contributed by atoms with Crippen molar-refractivity contribution >= 4 is 11.5 Å². The second-order valence-electron chi connectivity index (χ2n) is 4.90. The van der Waals surface area contributed by atoms with Gasteiger partial charge in [0.2, 0.25) is 5.95 Å². The van der Waals surface area contributed by atoms with E-state index in [0.717, 1.165) is 49.2 Å². The average molecular weight is 246 g/mol. The lowest BCUT2D eigenvalue weighted by Crippen LogP contribution is -2.45. The van der Waals surface area contributed by atoms with Gasteiger partial charge in [0.05, 0.1) is 17.4 Å². The zero-order valence-electron chi connectivity index (χ0n) is 11.1. The summed E-state index contributed by atoms with van der Waals surface area (Å²) in [6.45, 7) is 8.12. The second kappa shape index (κ2) is 4.20. The molecule has 1 fully saturated rings. The van der Waals surface area contributed by atoms with Crippen LogP contribution >= 0.6 is 0 Å². The predicted octanol–water partition coefficient (Wildman–Crippen LogP) is 0.493. The van der Waals surface area contributed by atoms with Crippen molar-refractivity contribution in [3.05, 3.63) is 17.7 Å². The van der Waals surface area contributed by atoms with Crippen LogP contribution in [0.1, 0.15) is 11.5 Å². The highest BCUT2D eigenvalue weighted by molar-refractivity contribution is 5.55. The Morgan fingerprint density at radius 3 is 2.56 bits per heavy atom. The van der Waals surface area contributed by atoms with Gasteiger partial charge in [0.25, 0.3) is 0 Å². The Morgan fingerprint density at radius 1 is 1.11 bits per heavy atom. The third-order valence-electron chi connectivity index (χ3n) is 3.58. The molecule has 0 bridgehead atoms. The molecule has 0 unspecified atom stereocenters. The number of aryl methyl sites for hydroxylation is 2. The van der Waals surface area contributed by atoms with Crippen molar-refractivity contribution in [1.29, 1.82) is 0 Å². The van der Waals surface area contributed by atoms with Crippen LogP contribution < -0.4 is 4.90 Å². The smallest absolute Gasteiger partial charge is 0.231 e. The van der Waals surface area contributed by atoms with Gasteiger partial charge < -0.3 is 9.80 Å². The number of likely N-dealkylation sites (N-methyl/N-ethyl adjacent to an activating group) is 1. The Bertz CT molecular complexity index is 567. The maximum atomic E-state index is 4.51. The molecule has 0 amide bonds. The van der Waals surface area contributed by atoms with Gasteiger partial charge in [-0.25, -0.2) is 4.98 Å². The lowest BCUT2D eigenvalue weighted by molar-refractivity contribution is 0.310. The largest absolute Gasteiger partial charge is 0.338 e. The number of hydrogen-bond acceptors (Lipinski definition) is 5. The van der Waals surface area contributed by atoms with Gasteiger partial charge in [-0.3, -0.25) is 4.40 Å². The molecule has 2 aromatic rings. The number of piperazine rings is 1. The third-order valence-corrected chi connectivity index (χ3v) is 3.58. The number of fused-ring (bicyclic) bond motifs is 1. The van der Waals surface area contributed by atoms with E-state index in [0.29, 0.717) is 0 Å². The minimum atomic E-state index is 0.915. The maximum Gasteiger partial charge on any atom is 0.231 e. The molecule has 0 radical (unpaired) electrons. The summed E-state index contributed by atoms with van der Waals surface area (Å²) in [6, 6.07) is 0. The minimum Gasteiger partial charge on any atom is -0.338 e. The minimum absolute atomic E-state index is 0.915. The van der Waals surface area contributed by atoms with Gasteiger partial charge in [-0.15, -0.1) is 5.10 Å². The Balaban J connectivity index is 2.06. The van der Waals surface area contributed by atoms with Gasteiger partial charge in [-0.2, -0.15) is 5.10 Å². The van der Waals surface area contributed by atoms with E-state index in [9.17, 15) is 0 Å². The molecule has 1 saturated heterocycles. The van der Waals surface area contributed by atoms with Crippen LogP contribution in [0.4, 0.5) is 5.95 Å². The zero-order chi connectivity index (χ0) is 12.7. The molecule has 18 heavy (non-hydrogen) atoms. The molecule has 0 saturated carbocycles. The number of aromatic nitrogens is 4. The normalized spacial score (nSPS) is 17.6. The first kappa shape index (κ1) is 11.4. The molecule has 3 heterocycles. The molecular formula is C12H18N6. The molecular weight excluding hydrogens is 228 g/mol. The van der Waals surface area contributed by atoms with Crippen molar-refractivity contribution in [3.63, 3.8) is 0 Å². The summed E-state index contributed by atoms with van der Waals surface area (Å²) in [4.78, 5) is 9.12. The monoisotopic (exact) mass is 246 g/mol. The lowest BCUT2D eigenvalue weighted by atomic mass is 10.3. The van der Waals surface area contributed by atoms with E-state index in [-0.39, 0.29) is 0 Å². The SMILES string of the molecule is Cc1nc(C)n2c(N3CCN(C)CC3)nncc12. The van der Waals surface area contributed by atoms with E-state index in [2.05, 4.69) is 36.4 Å². The van der Waals surface area contributed by atoms with Crippen molar-refractivity contribution < 1.29 is 0 Å². The Labute approximate surface area is 106 Å². The molecule has 2 aromatic heterocycles. The van der Waals surface area contributed by atoms with Crippen molar-refractivity contribution in [2.75, 3.05) is 38.1 Å². The quantitative estimate of drug-likeness (QED) is 0.733. The van der Waals surface area contributed by atoms with Crippen LogP contribution in [0.5, 0.6) is 0 Å². The Hall–Kier alpha value is -1.69. The molecule has 0 atom stereocenters. The van der Waals surface area contributed by atoms with Gasteiger partial charge in [-0.05, 0) is 20.9 Å². The molecule has 0 spiro atoms. The average Bonchev–Trinajstić information content (AvgIpc) is 2.66. The van der Waals surface area contributed by atoms with Crippen LogP contribution in [0.25, 0.3) is 5.52 Å². The summed E-state index contributed by atoms with van der Waals surface area (Å²) in [5.74, 6) is 1.89. The van der Waals surface area contributed by atoms with E-state index in [1.807, 2.05) is 13.8 Å². The first-order valence-electron chi connectivity index (χ1n) is 6.27. The molecule has 0 aliphatic carbocycles. The van der Waals surface area contributed by atoms with Crippen LogP contribution in [-0.2, 0) is 0 Å². The summed E-state index contributed by atoms with van der Waals surface area (Å²) >= 11 is 0. The van der Waals surface area contributed by atoms with Crippen molar-refractivity contribution in [3.8, 4) is 0 Å². The standard InChI is InChI=1S/C12H18N6/c1-9-11-8-13-15-12(18(11)10(2)14-9)17-6-4-16(3)5-7-17/h8H,4-7H2,1-3H3. The number of imidazole rings is 1. The number of hydrogen-bond donors (Lipinski definition) is 0. The van der Waals surface area contributed by atoms with Crippen LogP contribution in [0, 0.1) is 13.8 Å². The maximum absolute atomic E-state index is 4.51. The highest BCUT2D eigenvalue weighted by Gasteiger charge is 2.19. The first-order chi connectivity index (χ1) is 8.66. The van der Waals surface area contributed by atoms with E-state index in [1.165, 1.54) is 0 Å². The van der Waals surface area contributed by atoms with Crippen molar-refractivity contribution in [2.45, 2.75) is 13.8 Å². The van der Waals surface area contributed by atoms with E-state index < -0.39 is 0 Å². The molecule has 0 N–H and O–H groups in total. The molecule has 0 aromatic carbocycles. The molecule has 6 nitrogen and oxygen atoms in total. The van der Waals surface area contributed by atoms with E-state index in [1.54, 1.807) is 6.20 Å². The highest BCUT2D eigenvalue weighted by atomic mass is 15.4. The molecule has 96 valence electrons. The summed E-state index contributed by atoms with van der Waals surface area (Å²) in [7, 11) is 2.15. The Kier molecular flexibility index (Phi) is 2.66. The van der Waals surface area contributed by atoms with E-state index >= 15 is 0 Å². The lowest BCUT2D eigenvalue weighted by Gasteiger charge is -2.33. The van der Waals surface area contributed by atoms with Crippen LogP contribution in [0.15, 0.2) is 6.20 Å². The summed E-state index contributed by atoms with van der Waals surface area (Å²) in [6.07, 6.45) is 1.79. The first-order valence-corrected chi connectivity index (χ1v) is 6.27. The fourth-order valence-corrected chi connectivity index (χ4v) is 2.48. The van der Waals surface area contributed by atoms with Gasteiger partial charge >= 0.3 is 0 Å². The summed E-state index contributed by atoms with van der Waals surface area (Å²) in [5.41, 5.74) is 2.06. The van der Waals surface area contributed by atoms with Gasteiger partial charge in [-0.1, -0.05) is 0 Å². The summed E-state index contributed by atoms with van der Waals surface area (Å²) < 4.78 is 2.10. The fraction of sp³-hybridized carbons (Fsp3) is 0.583. The fourth-order valence-electron chi connectivity index (χ4n) is 2.48. The van der Waals surface area contributed by atoms with Crippen LogP contribution in [0.2, 0.25) is 0 Å². The number of rotatable bonds is 1. The van der Waals surface area contributed by atoms with Crippen LogP contribution in [0.3, 0.4) is 0 Å². The van der Waals surface area contributed by atoms with E-state index in [4.69, 9.17) is 0 Å². The second-order valence-corrected chi connectivity index (χ2v) is 4.90. The van der Waals surface area contributed by atoms with Crippen molar-refractivity contribution in [2.24, 2.45) is 0 Å². The topological polar surface area (TPSA) is 49.6 Å². The van der Waals surface area contributed by atoms with Crippen molar-refractivity contribution in [1.82, 2.24) is 24.5 Å². The number of nitrogens with zero attached hydrogens (tertiary/aromatic N) is 6. The van der Waals surface area contributed by atoms with Gasteiger partial charge in [0.1, 0.15) is 5.82 Å².